The third-order valence-corrected chi connectivity index (χ3v) is 5.59. The molecular formula is C24H30N2O2. The summed E-state index contributed by atoms with van der Waals surface area (Å²) in [5.41, 5.74) is 5.01. The van der Waals surface area contributed by atoms with Gasteiger partial charge >= 0.3 is 0 Å². The van der Waals surface area contributed by atoms with Crippen molar-refractivity contribution in [3.63, 3.8) is 0 Å². The molecule has 0 bridgehead atoms. The average molecular weight is 379 g/mol. The van der Waals surface area contributed by atoms with Gasteiger partial charge in [-0.1, -0.05) is 49.7 Å². The molecule has 0 aliphatic carbocycles. The Morgan fingerprint density at radius 2 is 1.71 bits per heavy atom. The Kier molecular flexibility index (Phi) is 6.18. The maximum atomic E-state index is 12.9. The zero-order chi connectivity index (χ0) is 20.3. The number of nitrogens with one attached hydrogen (secondary N) is 1. The van der Waals surface area contributed by atoms with Gasteiger partial charge < -0.3 is 10.2 Å². The third-order valence-electron chi connectivity index (χ3n) is 5.59. The number of nitrogens with zero attached hydrogens (tertiary/aromatic N) is 1. The van der Waals surface area contributed by atoms with Crippen LogP contribution in [0.2, 0.25) is 0 Å². The number of rotatable bonds is 4. The molecule has 3 rings (SSSR count). The molecule has 0 saturated carbocycles. The van der Waals surface area contributed by atoms with Crippen molar-refractivity contribution in [2.45, 2.75) is 46.5 Å². The first-order valence-electron chi connectivity index (χ1n) is 10.1. The molecule has 1 aliphatic rings. The topological polar surface area (TPSA) is 49.4 Å². The summed E-state index contributed by atoms with van der Waals surface area (Å²) >= 11 is 0. The molecule has 2 amide bonds. The average Bonchev–Trinajstić information content (AvgIpc) is 2.68. The summed E-state index contributed by atoms with van der Waals surface area (Å²) in [4.78, 5) is 27.4. The molecular weight excluding hydrogens is 348 g/mol. The minimum absolute atomic E-state index is 0.0545. The maximum Gasteiger partial charge on any atom is 0.253 e. The lowest BCUT2D eigenvalue weighted by molar-refractivity contribution is -0.121. The van der Waals surface area contributed by atoms with E-state index in [0.29, 0.717) is 31.8 Å². The number of hydrogen-bond donors (Lipinski definition) is 1. The number of benzene rings is 2. The molecule has 1 N–H and O–H groups in total. The third kappa shape index (κ3) is 4.44. The summed E-state index contributed by atoms with van der Waals surface area (Å²) < 4.78 is 0. The SMILES string of the molecule is Cc1cccc(C(=O)N2CCC(C(=O)Nc3c(C)cccc3C(C)C)CC2)c1. The van der Waals surface area contributed by atoms with Crippen LogP contribution in [0.25, 0.3) is 0 Å². The Bertz CT molecular complexity index is 865. The number of carbonyl (C=O) groups is 2. The Morgan fingerprint density at radius 3 is 2.36 bits per heavy atom. The van der Waals surface area contributed by atoms with E-state index in [0.717, 1.165) is 22.4 Å². The number of piperidine rings is 1. The van der Waals surface area contributed by atoms with Gasteiger partial charge in [0, 0.05) is 30.3 Å². The fourth-order valence-electron chi connectivity index (χ4n) is 3.87. The van der Waals surface area contributed by atoms with Crippen LogP contribution in [0, 0.1) is 19.8 Å². The smallest absolute Gasteiger partial charge is 0.253 e. The molecule has 0 unspecified atom stereocenters. The van der Waals surface area contributed by atoms with Crippen LogP contribution in [0.1, 0.15) is 59.7 Å². The van der Waals surface area contributed by atoms with Crippen LogP contribution >= 0.6 is 0 Å². The van der Waals surface area contributed by atoms with E-state index in [2.05, 4.69) is 25.2 Å². The Hall–Kier alpha value is -2.62. The van der Waals surface area contributed by atoms with Gasteiger partial charge in [-0.2, -0.15) is 0 Å². The molecule has 148 valence electrons. The highest BCUT2D eigenvalue weighted by atomic mass is 16.2. The van der Waals surface area contributed by atoms with Crippen molar-refractivity contribution >= 4 is 17.5 Å². The first-order chi connectivity index (χ1) is 13.4. The molecule has 2 aromatic rings. The molecule has 4 heteroatoms. The first kappa shape index (κ1) is 20.1. The minimum Gasteiger partial charge on any atom is -0.339 e. The fraction of sp³-hybridized carbons (Fsp3) is 0.417. The highest BCUT2D eigenvalue weighted by molar-refractivity contribution is 5.96. The van der Waals surface area contributed by atoms with E-state index in [1.54, 1.807) is 0 Å². The van der Waals surface area contributed by atoms with Crippen molar-refractivity contribution in [1.29, 1.82) is 0 Å². The fourth-order valence-corrected chi connectivity index (χ4v) is 3.87. The Morgan fingerprint density at radius 1 is 1.04 bits per heavy atom. The van der Waals surface area contributed by atoms with Crippen molar-refractivity contribution in [2.75, 3.05) is 18.4 Å². The summed E-state index contributed by atoms with van der Waals surface area (Å²) in [6.45, 7) is 9.54. The lowest BCUT2D eigenvalue weighted by Crippen LogP contribution is -2.41. The van der Waals surface area contributed by atoms with Gasteiger partial charge in [0.1, 0.15) is 0 Å². The van der Waals surface area contributed by atoms with Crippen LogP contribution in [0.5, 0.6) is 0 Å². The number of aryl methyl sites for hydroxylation is 2. The molecule has 0 aromatic heterocycles. The van der Waals surface area contributed by atoms with Crippen LogP contribution in [0.15, 0.2) is 42.5 Å². The van der Waals surface area contributed by atoms with E-state index >= 15 is 0 Å². The van der Waals surface area contributed by atoms with E-state index in [1.165, 1.54) is 5.56 Å². The molecule has 1 heterocycles. The van der Waals surface area contributed by atoms with Crippen molar-refractivity contribution in [3.05, 3.63) is 64.7 Å². The number of anilines is 1. The molecule has 2 aromatic carbocycles. The van der Waals surface area contributed by atoms with Gasteiger partial charge in [0.05, 0.1) is 0 Å². The molecule has 4 nitrogen and oxygen atoms in total. The van der Waals surface area contributed by atoms with Gasteiger partial charge in [0.25, 0.3) is 5.91 Å². The maximum absolute atomic E-state index is 12.9. The number of likely N-dealkylation sites (tertiary alicyclic amines) is 1. The van der Waals surface area contributed by atoms with Gasteiger partial charge in [0.2, 0.25) is 5.91 Å². The predicted octanol–water partition coefficient (Wildman–Crippen LogP) is 4.92. The second kappa shape index (κ2) is 8.59. The van der Waals surface area contributed by atoms with Gasteiger partial charge in [-0.3, -0.25) is 9.59 Å². The number of amides is 2. The normalized spacial score (nSPS) is 15.0. The quantitative estimate of drug-likeness (QED) is 0.821. The van der Waals surface area contributed by atoms with Crippen molar-refractivity contribution < 1.29 is 9.59 Å². The van der Waals surface area contributed by atoms with Crippen LogP contribution in [0.4, 0.5) is 5.69 Å². The molecule has 0 atom stereocenters. The summed E-state index contributed by atoms with van der Waals surface area (Å²) in [7, 11) is 0. The molecule has 1 saturated heterocycles. The lowest BCUT2D eigenvalue weighted by Gasteiger charge is -2.32. The summed E-state index contributed by atoms with van der Waals surface area (Å²) in [6.07, 6.45) is 1.40. The summed E-state index contributed by atoms with van der Waals surface area (Å²) in [6, 6.07) is 13.8. The highest BCUT2D eigenvalue weighted by Gasteiger charge is 2.28. The minimum atomic E-state index is -0.0545. The van der Waals surface area contributed by atoms with Gasteiger partial charge in [0.15, 0.2) is 0 Å². The van der Waals surface area contributed by atoms with Crippen molar-refractivity contribution in [1.82, 2.24) is 4.90 Å². The van der Waals surface area contributed by atoms with E-state index in [9.17, 15) is 9.59 Å². The van der Waals surface area contributed by atoms with Crippen molar-refractivity contribution in [2.24, 2.45) is 5.92 Å². The van der Waals surface area contributed by atoms with Gasteiger partial charge in [-0.05, 0) is 55.9 Å². The second-order valence-corrected chi connectivity index (χ2v) is 8.12. The summed E-state index contributed by atoms with van der Waals surface area (Å²) in [5.74, 6) is 0.424. The number of para-hydroxylation sites is 1. The van der Waals surface area contributed by atoms with Gasteiger partial charge in [-0.15, -0.1) is 0 Å². The molecule has 28 heavy (non-hydrogen) atoms. The zero-order valence-electron chi connectivity index (χ0n) is 17.3. The Balaban J connectivity index is 1.62. The highest BCUT2D eigenvalue weighted by Crippen LogP contribution is 2.29. The van der Waals surface area contributed by atoms with Crippen LogP contribution < -0.4 is 5.32 Å². The molecule has 1 fully saturated rings. The standard InChI is InChI=1S/C24H30N2O2/c1-16(2)21-10-6-8-18(4)22(21)25-23(27)19-11-13-26(14-12-19)24(28)20-9-5-7-17(3)15-20/h5-10,15-16,19H,11-14H2,1-4H3,(H,25,27). The monoisotopic (exact) mass is 378 g/mol. The molecule has 0 radical (unpaired) electrons. The zero-order valence-corrected chi connectivity index (χ0v) is 17.3. The van der Waals surface area contributed by atoms with Crippen LogP contribution in [-0.4, -0.2) is 29.8 Å². The lowest BCUT2D eigenvalue weighted by atomic mass is 9.93. The van der Waals surface area contributed by atoms with Crippen molar-refractivity contribution in [3.8, 4) is 0 Å². The number of hydrogen-bond acceptors (Lipinski definition) is 2. The Labute approximate surface area is 167 Å². The summed E-state index contributed by atoms with van der Waals surface area (Å²) in [5, 5.41) is 3.17. The number of carbonyl (C=O) groups excluding carboxylic acids is 2. The van der Waals surface area contributed by atoms with E-state index in [-0.39, 0.29) is 17.7 Å². The first-order valence-corrected chi connectivity index (χ1v) is 10.1. The van der Waals surface area contributed by atoms with Crippen LogP contribution in [0.3, 0.4) is 0 Å². The van der Waals surface area contributed by atoms with E-state index in [4.69, 9.17) is 0 Å². The second-order valence-electron chi connectivity index (χ2n) is 8.12. The van der Waals surface area contributed by atoms with Crippen LogP contribution in [-0.2, 0) is 4.79 Å². The van der Waals surface area contributed by atoms with E-state index in [1.807, 2.05) is 55.1 Å². The predicted molar refractivity (Wildman–Crippen MR) is 114 cm³/mol. The van der Waals surface area contributed by atoms with E-state index < -0.39 is 0 Å². The molecule has 0 spiro atoms. The largest absolute Gasteiger partial charge is 0.339 e. The molecule has 1 aliphatic heterocycles. The van der Waals surface area contributed by atoms with Gasteiger partial charge in [-0.25, -0.2) is 0 Å².